The van der Waals surface area contributed by atoms with Crippen LogP contribution < -0.4 is 10.1 Å². The average Bonchev–Trinajstić information content (AvgIpc) is 2.54. The first-order valence-electron chi connectivity index (χ1n) is 5.80. The number of hydrogen-bond acceptors (Lipinski definition) is 3. The van der Waals surface area contributed by atoms with Crippen molar-refractivity contribution < 1.29 is 9.84 Å². The minimum absolute atomic E-state index is 0.129. The molecule has 2 rings (SSSR count). The Morgan fingerprint density at radius 2 is 2.19 bits per heavy atom. The SMILES string of the molecule is CC(C)Oc1ccc2c(c1)NC(CO)C2C. The van der Waals surface area contributed by atoms with Crippen molar-refractivity contribution in [3.63, 3.8) is 0 Å². The number of ether oxygens (including phenoxy) is 1. The Bertz CT molecular complexity index is 376. The van der Waals surface area contributed by atoms with Crippen molar-refractivity contribution in [1.29, 1.82) is 0 Å². The zero-order valence-electron chi connectivity index (χ0n) is 10.0. The van der Waals surface area contributed by atoms with Gasteiger partial charge in [-0.25, -0.2) is 0 Å². The van der Waals surface area contributed by atoms with Crippen LogP contribution in [-0.4, -0.2) is 23.9 Å². The summed E-state index contributed by atoms with van der Waals surface area (Å²) in [6.45, 7) is 6.32. The van der Waals surface area contributed by atoms with E-state index in [2.05, 4.69) is 18.3 Å². The highest BCUT2D eigenvalue weighted by Gasteiger charge is 2.28. The molecule has 0 radical (unpaired) electrons. The van der Waals surface area contributed by atoms with E-state index in [1.807, 2.05) is 26.0 Å². The second-order valence-corrected chi connectivity index (χ2v) is 4.64. The molecular formula is C13H19NO2. The fourth-order valence-electron chi connectivity index (χ4n) is 2.15. The lowest BCUT2D eigenvalue weighted by Crippen LogP contribution is -2.22. The van der Waals surface area contributed by atoms with Gasteiger partial charge in [0.05, 0.1) is 18.8 Å². The third kappa shape index (κ3) is 2.00. The first kappa shape index (κ1) is 11.3. The van der Waals surface area contributed by atoms with Gasteiger partial charge in [0, 0.05) is 17.7 Å². The third-order valence-corrected chi connectivity index (χ3v) is 3.03. The summed E-state index contributed by atoms with van der Waals surface area (Å²) in [4.78, 5) is 0. The van der Waals surface area contributed by atoms with Crippen LogP contribution in [0.1, 0.15) is 32.3 Å². The van der Waals surface area contributed by atoms with Gasteiger partial charge in [0.2, 0.25) is 0 Å². The van der Waals surface area contributed by atoms with Crippen LogP contribution in [0.5, 0.6) is 5.75 Å². The second-order valence-electron chi connectivity index (χ2n) is 4.64. The number of nitrogens with one attached hydrogen (secondary N) is 1. The Hall–Kier alpha value is -1.22. The molecule has 3 heteroatoms. The standard InChI is InChI=1S/C13H19NO2/c1-8(2)16-10-4-5-11-9(3)13(7-15)14-12(11)6-10/h4-6,8-9,13-15H,7H2,1-3H3. The fourth-order valence-corrected chi connectivity index (χ4v) is 2.15. The minimum atomic E-state index is 0.129. The predicted molar refractivity (Wildman–Crippen MR) is 65.1 cm³/mol. The smallest absolute Gasteiger partial charge is 0.121 e. The van der Waals surface area contributed by atoms with Crippen molar-refractivity contribution in [2.24, 2.45) is 0 Å². The molecule has 0 amide bonds. The van der Waals surface area contributed by atoms with Crippen LogP contribution in [0.2, 0.25) is 0 Å². The molecule has 2 atom stereocenters. The van der Waals surface area contributed by atoms with E-state index in [0.717, 1.165) is 11.4 Å². The highest BCUT2D eigenvalue weighted by Crippen LogP contribution is 2.37. The molecule has 2 N–H and O–H groups in total. The topological polar surface area (TPSA) is 41.5 Å². The molecule has 1 aromatic rings. The van der Waals surface area contributed by atoms with Gasteiger partial charge >= 0.3 is 0 Å². The molecule has 88 valence electrons. The third-order valence-electron chi connectivity index (χ3n) is 3.03. The normalized spacial score (nSPS) is 23.1. The van der Waals surface area contributed by atoms with Gasteiger partial charge in [-0.3, -0.25) is 0 Å². The van der Waals surface area contributed by atoms with Crippen LogP contribution in [0.4, 0.5) is 5.69 Å². The van der Waals surface area contributed by atoms with E-state index in [0.29, 0.717) is 5.92 Å². The fraction of sp³-hybridized carbons (Fsp3) is 0.538. The lowest BCUT2D eigenvalue weighted by Gasteiger charge is -2.12. The van der Waals surface area contributed by atoms with E-state index in [1.54, 1.807) is 0 Å². The molecule has 16 heavy (non-hydrogen) atoms. The van der Waals surface area contributed by atoms with Gasteiger partial charge in [-0.05, 0) is 25.5 Å². The summed E-state index contributed by atoms with van der Waals surface area (Å²) in [7, 11) is 0. The predicted octanol–water partition coefficient (Wildman–Crippen LogP) is 2.36. The van der Waals surface area contributed by atoms with E-state index in [4.69, 9.17) is 4.74 Å². The van der Waals surface area contributed by atoms with Crippen molar-refractivity contribution in [2.45, 2.75) is 38.8 Å². The number of fused-ring (bicyclic) bond motifs is 1. The molecular weight excluding hydrogens is 202 g/mol. The molecule has 0 aliphatic carbocycles. The number of rotatable bonds is 3. The summed E-state index contributed by atoms with van der Waals surface area (Å²) in [5, 5.41) is 12.5. The van der Waals surface area contributed by atoms with Crippen LogP contribution >= 0.6 is 0 Å². The van der Waals surface area contributed by atoms with Gasteiger partial charge in [-0.1, -0.05) is 13.0 Å². The first-order valence-corrected chi connectivity index (χ1v) is 5.80. The van der Waals surface area contributed by atoms with Gasteiger partial charge in [0.25, 0.3) is 0 Å². The lowest BCUT2D eigenvalue weighted by molar-refractivity contribution is 0.242. The van der Waals surface area contributed by atoms with Crippen LogP contribution in [0.25, 0.3) is 0 Å². The summed E-state index contributed by atoms with van der Waals surface area (Å²) >= 11 is 0. The molecule has 0 saturated heterocycles. The Labute approximate surface area is 96.4 Å². The molecule has 1 aromatic carbocycles. The largest absolute Gasteiger partial charge is 0.491 e. The Morgan fingerprint density at radius 1 is 1.44 bits per heavy atom. The van der Waals surface area contributed by atoms with Gasteiger partial charge in [-0.15, -0.1) is 0 Å². The maximum atomic E-state index is 9.23. The van der Waals surface area contributed by atoms with Crippen molar-refractivity contribution in [2.75, 3.05) is 11.9 Å². The minimum Gasteiger partial charge on any atom is -0.491 e. The van der Waals surface area contributed by atoms with Crippen molar-refractivity contribution >= 4 is 5.69 Å². The number of aliphatic hydroxyl groups excluding tert-OH is 1. The maximum absolute atomic E-state index is 9.23. The molecule has 3 nitrogen and oxygen atoms in total. The highest BCUT2D eigenvalue weighted by atomic mass is 16.5. The Balaban J connectivity index is 2.23. The first-order chi connectivity index (χ1) is 7.61. The summed E-state index contributed by atoms with van der Waals surface area (Å²) in [6, 6.07) is 6.22. The van der Waals surface area contributed by atoms with Crippen LogP contribution in [0.15, 0.2) is 18.2 Å². The van der Waals surface area contributed by atoms with Gasteiger partial charge < -0.3 is 15.2 Å². The Morgan fingerprint density at radius 3 is 2.81 bits per heavy atom. The molecule has 1 aliphatic rings. The summed E-state index contributed by atoms with van der Waals surface area (Å²) in [5.74, 6) is 1.24. The molecule has 2 unspecified atom stereocenters. The van der Waals surface area contributed by atoms with E-state index in [9.17, 15) is 5.11 Å². The van der Waals surface area contributed by atoms with E-state index in [-0.39, 0.29) is 18.8 Å². The summed E-state index contributed by atoms with van der Waals surface area (Å²) < 4.78 is 5.64. The Kier molecular flexibility index (Phi) is 3.06. The molecule has 0 saturated carbocycles. The summed E-state index contributed by atoms with van der Waals surface area (Å²) in [5.41, 5.74) is 2.35. The number of aliphatic hydroxyl groups is 1. The van der Waals surface area contributed by atoms with Gasteiger partial charge in [0.1, 0.15) is 5.75 Å². The van der Waals surface area contributed by atoms with Crippen LogP contribution in [-0.2, 0) is 0 Å². The molecule has 0 fully saturated rings. The summed E-state index contributed by atoms with van der Waals surface area (Å²) in [6.07, 6.45) is 0.186. The van der Waals surface area contributed by atoms with Gasteiger partial charge in [-0.2, -0.15) is 0 Å². The second kappa shape index (κ2) is 4.34. The molecule has 0 aromatic heterocycles. The highest BCUT2D eigenvalue weighted by molar-refractivity contribution is 5.62. The number of anilines is 1. The van der Waals surface area contributed by atoms with E-state index in [1.165, 1.54) is 5.56 Å². The quantitative estimate of drug-likeness (QED) is 0.823. The molecule has 1 aliphatic heterocycles. The number of hydrogen-bond donors (Lipinski definition) is 2. The zero-order chi connectivity index (χ0) is 11.7. The van der Waals surface area contributed by atoms with Crippen molar-refractivity contribution in [3.8, 4) is 5.75 Å². The van der Waals surface area contributed by atoms with Crippen LogP contribution in [0, 0.1) is 0 Å². The van der Waals surface area contributed by atoms with E-state index < -0.39 is 0 Å². The average molecular weight is 221 g/mol. The zero-order valence-corrected chi connectivity index (χ0v) is 10.0. The molecule has 0 spiro atoms. The van der Waals surface area contributed by atoms with Crippen molar-refractivity contribution in [1.82, 2.24) is 0 Å². The van der Waals surface area contributed by atoms with Crippen LogP contribution in [0.3, 0.4) is 0 Å². The van der Waals surface area contributed by atoms with Gasteiger partial charge in [0.15, 0.2) is 0 Å². The lowest BCUT2D eigenvalue weighted by atomic mass is 9.98. The van der Waals surface area contributed by atoms with E-state index >= 15 is 0 Å². The monoisotopic (exact) mass is 221 g/mol. The van der Waals surface area contributed by atoms with Crippen molar-refractivity contribution in [3.05, 3.63) is 23.8 Å². The molecule has 1 heterocycles. The number of benzene rings is 1. The molecule has 0 bridgehead atoms. The maximum Gasteiger partial charge on any atom is 0.121 e.